The van der Waals surface area contributed by atoms with Crippen molar-refractivity contribution in [3.05, 3.63) is 69.9 Å². The third-order valence-electron chi connectivity index (χ3n) is 7.51. The number of aromatic amines is 2. The molecule has 1 amide bonds. The van der Waals surface area contributed by atoms with Crippen molar-refractivity contribution in [3.8, 4) is 11.3 Å². The smallest absolute Gasteiger partial charge is 0.230 e. The number of rotatable bonds is 14. The molecule has 4 N–H and O–H groups in total. The van der Waals surface area contributed by atoms with Crippen LogP contribution in [0.4, 0.5) is 0 Å². The maximum Gasteiger partial charge on any atom is 0.230 e. The number of nitrogens with one attached hydrogen (secondary N) is 4. The first kappa shape index (κ1) is 29.1. The number of H-pyrrole nitrogens is 2. The molecule has 0 aliphatic heterocycles. The van der Waals surface area contributed by atoms with Gasteiger partial charge in [0.15, 0.2) is 0 Å². The standard InChI is InChI=1S/C32H45N5OS/c1-7-9-12-35-31(38)32(5,6)28-18-27-26(11-14-34-21-37(8-2)20-24-10-13-33-19-24)29(36-30(27)39-28)25-16-22(3)15-23(4)17-25/h10,13,15-19,33-34,36H,7-9,11-12,14,20-21H2,1-6H3,(H,35,38). The SMILES string of the molecule is CCCCNC(=O)C(C)(C)c1cc2c(CCNCN(CC)Cc3cc[nH]c3)c(-c3cc(C)cc(C)c3)[nH]c2s1. The van der Waals surface area contributed by atoms with E-state index in [2.05, 4.69) is 89.7 Å². The second-order valence-corrected chi connectivity index (χ2v) is 12.3. The maximum absolute atomic E-state index is 13.1. The number of hydrogen-bond donors (Lipinski definition) is 4. The fraction of sp³-hybridized carbons (Fsp3) is 0.469. The van der Waals surface area contributed by atoms with Crippen molar-refractivity contribution in [1.82, 2.24) is 25.5 Å². The van der Waals surface area contributed by atoms with Crippen LogP contribution in [0.15, 0.2) is 42.7 Å². The molecule has 7 heteroatoms. The van der Waals surface area contributed by atoms with E-state index in [4.69, 9.17) is 0 Å². The third kappa shape index (κ3) is 7.02. The van der Waals surface area contributed by atoms with Crippen LogP contribution >= 0.6 is 11.3 Å². The third-order valence-corrected chi connectivity index (χ3v) is 8.88. The highest BCUT2D eigenvalue weighted by molar-refractivity contribution is 7.19. The molecular weight excluding hydrogens is 502 g/mol. The first-order valence-electron chi connectivity index (χ1n) is 14.3. The average molecular weight is 548 g/mol. The minimum absolute atomic E-state index is 0.0969. The molecule has 3 heterocycles. The van der Waals surface area contributed by atoms with Crippen LogP contribution in [0.25, 0.3) is 21.5 Å². The summed E-state index contributed by atoms with van der Waals surface area (Å²) < 4.78 is 0. The van der Waals surface area contributed by atoms with Gasteiger partial charge < -0.3 is 20.6 Å². The highest BCUT2D eigenvalue weighted by Gasteiger charge is 2.32. The molecule has 3 aromatic heterocycles. The number of aryl methyl sites for hydroxylation is 2. The first-order chi connectivity index (χ1) is 18.7. The van der Waals surface area contributed by atoms with Gasteiger partial charge in [-0.2, -0.15) is 0 Å². The molecule has 0 aliphatic rings. The van der Waals surface area contributed by atoms with Crippen molar-refractivity contribution in [2.75, 3.05) is 26.3 Å². The summed E-state index contributed by atoms with van der Waals surface area (Å²) in [5.41, 5.74) is 7.00. The summed E-state index contributed by atoms with van der Waals surface area (Å²) >= 11 is 1.71. The molecule has 0 atom stereocenters. The van der Waals surface area contributed by atoms with E-state index in [-0.39, 0.29) is 5.91 Å². The van der Waals surface area contributed by atoms with Gasteiger partial charge in [-0.15, -0.1) is 11.3 Å². The molecule has 0 unspecified atom stereocenters. The monoisotopic (exact) mass is 547 g/mol. The molecule has 39 heavy (non-hydrogen) atoms. The summed E-state index contributed by atoms with van der Waals surface area (Å²) in [5.74, 6) is 0.0969. The molecule has 6 nitrogen and oxygen atoms in total. The number of carbonyl (C=O) groups is 1. The van der Waals surface area contributed by atoms with E-state index >= 15 is 0 Å². The minimum Gasteiger partial charge on any atom is -0.367 e. The van der Waals surface area contributed by atoms with Gasteiger partial charge in [0.05, 0.1) is 11.1 Å². The van der Waals surface area contributed by atoms with E-state index in [0.717, 1.165) is 61.8 Å². The van der Waals surface area contributed by atoms with Crippen LogP contribution in [0.5, 0.6) is 0 Å². The van der Waals surface area contributed by atoms with Crippen molar-refractivity contribution in [3.63, 3.8) is 0 Å². The Bertz CT molecular complexity index is 1340. The van der Waals surface area contributed by atoms with Gasteiger partial charge >= 0.3 is 0 Å². The molecule has 0 saturated carbocycles. The molecule has 4 rings (SSSR count). The number of benzene rings is 1. The van der Waals surface area contributed by atoms with E-state index in [0.29, 0.717) is 0 Å². The van der Waals surface area contributed by atoms with Crippen LogP contribution in [-0.4, -0.2) is 47.1 Å². The summed E-state index contributed by atoms with van der Waals surface area (Å²) in [6.45, 7) is 17.1. The minimum atomic E-state index is -0.576. The van der Waals surface area contributed by atoms with E-state index in [9.17, 15) is 4.79 Å². The quantitative estimate of drug-likeness (QED) is 0.105. The maximum atomic E-state index is 13.1. The van der Waals surface area contributed by atoms with E-state index in [1.807, 2.05) is 20.0 Å². The summed E-state index contributed by atoms with van der Waals surface area (Å²) in [7, 11) is 0. The van der Waals surface area contributed by atoms with Gasteiger partial charge in [0.25, 0.3) is 0 Å². The number of nitrogens with zero attached hydrogens (tertiary/aromatic N) is 1. The number of hydrogen-bond acceptors (Lipinski definition) is 4. The number of amides is 1. The van der Waals surface area contributed by atoms with Gasteiger partial charge in [0, 0.05) is 49.0 Å². The Hall–Kier alpha value is -2.87. The first-order valence-corrected chi connectivity index (χ1v) is 15.1. The van der Waals surface area contributed by atoms with Crippen molar-refractivity contribution < 1.29 is 4.79 Å². The topological polar surface area (TPSA) is 76.0 Å². The molecule has 0 saturated heterocycles. The Morgan fingerprint density at radius 2 is 1.85 bits per heavy atom. The highest BCUT2D eigenvalue weighted by atomic mass is 32.1. The largest absolute Gasteiger partial charge is 0.367 e. The second-order valence-electron chi connectivity index (χ2n) is 11.2. The zero-order valence-electron chi connectivity index (χ0n) is 24.5. The fourth-order valence-electron chi connectivity index (χ4n) is 5.12. The Morgan fingerprint density at radius 3 is 2.51 bits per heavy atom. The summed E-state index contributed by atoms with van der Waals surface area (Å²) in [6.07, 6.45) is 7.03. The van der Waals surface area contributed by atoms with E-state index < -0.39 is 5.41 Å². The van der Waals surface area contributed by atoms with E-state index in [1.165, 1.54) is 38.9 Å². The van der Waals surface area contributed by atoms with E-state index in [1.54, 1.807) is 11.3 Å². The van der Waals surface area contributed by atoms with Gasteiger partial charge in [-0.25, -0.2) is 0 Å². The van der Waals surface area contributed by atoms with Gasteiger partial charge in [0.2, 0.25) is 5.91 Å². The molecular formula is C32H45N5OS. The normalized spacial score (nSPS) is 12.1. The van der Waals surface area contributed by atoms with Crippen molar-refractivity contribution >= 4 is 27.5 Å². The zero-order chi connectivity index (χ0) is 28.0. The molecule has 0 radical (unpaired) electrons. The van der Waals surface area contributed by atoms with Crippen LogP contribution in [0.1, 0.15) is 67.7 Å². The molecule has 1 aromatic carbocycles. The molecule has 0 aliphatic carbocycles. The second kappa shape index (κ2) is 13.0. The van der Waals surface area contributed by atoms with Gasteiger partial charge in [-0.05, 0) is 88.0 Å². The predicted molar refractivity (Wildman–Crippen MR) is 165 cm³/mol. The lowest BCUT2D eigenvalue weighted by Crippen LogP contribution is -2.39. The molecule has 210 valence electrons. The van der Waals surface area contributed by atoms with Crippen LogP contribution in [-0.2, 0) is 23.2 Å². The average Bonchev–Trinajstić information content (AvgIpc) is 3.63. The van der Waals surface area contributed by atoms with Crippen molar-refractivity contribution in [2.24, 2.45) is 0 Å². The Labute approximate surface area is 237 Å². The number of aromatic nitrogens is 2. The highest BCUT2D eigenvalue weighted by Crippen LogP contribution is 2.40. The van der Waals surface area contributed by atoms with Gasteiger partial charge in [-0.3, -0.25) is 9.69 Å². The van der Waals surface area contributed by atoms with Crippen LogP contribution in [0.3, 0.4) is 0 Å². The van der Waals surface area contributed by atoms with Crippen LogP contribution in [0, 0.1) is 13.8 Å². The van der Waals surface area contributed by atoms with Crippen molar-refractivity contribution in [1.29, 1.82) is 0 Å². The lowest BCUT2D eigenvalue weighted by molar-refractivity contribution is -0.125. The summed E-state index contributed by atoms with van der Waals surface area (Å²) in [6, 6.07) is 11.1. The molecule has 0 spiro atoms. The Morgan fingerprint density at radius 1 is 1.08 bits per heavy atom. The molecule has 0 bridgehead atoms. The van der Waals surface area contributed by atoms with Gasteiger partial charge in [0.1, 0.15) is 4.83 Å². The number of unbranched alkanes of at least 4 members (excludes halogenated alkanes) is 1. The summed E-state index contributed by atoms with van der Waals surface area (Å²) in [5, 5.41) is 8.05. The fourth-order valence-corrected chi connectivity index (χ4v) is 6.31. The Kier molecular flexibility index (Phi) is 9.70. The van der Waals surface area contributed by atoms with Crippen molar-refractivity contribution in [2.45, 2.75) is 72.8 Å². The number of fused-ring (bicyclic) bond motifs is 1. The number of thiophene rings is 1. The lowest BCUT2D eigenvalue weighted by Gasteiger charge is -2.22. The Balaban J connectivity index is 1.57. The number of carbonyl (C=O) groups excluding carboxylic acids is 1. The lowest BCUT2D eigenvalue weighted by atomic mass is 9.89. The van der Waals surface area contributed by atoms with Crippen LogP contribution < -0.4 is 10.6 Å². The molecule has 4 aromatic rings. The summed E-state index contributed by atoms with van der Waals surface area (Å²) in [4.78, 5) is 24.6. The zero-order valence-corrected chi connectivity index (χ0v) is 25.3. The predicted octanol–water partition coefficient (Wildman–Crippen LogP) is 6.65. The van der Waals surface area contributed by atoms with Gasteiger partial charge in [-0.1, -0.05) is 37.5 Å². The van der Waals surface area contributed by atoms with Crippen LogP contribution in [0.2, 0.25) is 0 Å². The molecule has 0 fully saturated rings.